The van der Waals surface area contributed by atoms with Gasteiger partial charge in [-0.1, -0.05) is 18.2 Å². The third kappa shape index (κ3) is 3.27. The average molecular weight is 292 g/mol. The number of rotatable bonds is 5. The number of amides is 1. The van der Waals surface area contributed by atoms with Crippen molar-refractivity contribution >= 4 is 17.7 Å². The van der Waals surface area contributed by atoms with Gasteiger partial charge in [0, 0.05) is 23.7 Å². The standard InChI is InChI=1S/C15H20N2O2S/c18-15(13-9-20-10-17-13)16-8-11-4-1-2-7-14(11)19-12-5-3-6-12/h1-2,4,7,12-13,17H,3,5-6,8-10H2,(H,16,18). The zero-order valence-corrected chi connectivity index (χ0v) is 12.2. The van der Waals surface area contributed by atoms with Gasteiger partial charge in [0.2, 0.25) is 5.91 Å². The molecule has 4 nitrogen and oxygen atoms in total. The quantitative estimate of drug-likeness (QED) is 0.870. The van der Waals surface area contributed by atoms with Crippen LogP contribution in [-0.2, 0) is 11.3 Å². The van der Waals surface area contributed by atoms with Gasteiger partial charge in [-0.3, -0.25) is 10.1 Å². The van der Waals surface area contributed by atoms with Crippen LogP contribution >= 0.6 is 11.8 Å². The molecule has 0 bridgehead atoms. The number of benzene rings is 1. The summed E-state index contributed by atoms with van der Waals surface area (Å²) in [6.07, 6.45) is 3.90. The summed E-state index contributed by atoms with van der Waals surface area (Å²) >= 11 is 1.76. The van der Waals surface area contributed by atoms with E-state index in [2.05, 4.69) is 10.6 Å². The van der Waals surface area contributed by atoms with Crippen molar-refractivity contribution in [3.8, 4) is 5.75 Å². The number of hydrogen-bond acceptors (Lipinski definition) is 4. The molecule has 2 aliphatic rings. The van der Waals surface area contributed by atoms with Crippen LogP contribution in [0, 0.1) is 0 Å². The van der Waals surface area contributed by atoms with Crippen LogP contribution in [0.25, 0.3) is 0 Å². The van der Waals surface area contributed by atoms with Gasteiger partial charge < -0.3 is 10.1 Å². The maximum Gasteiger partial charge on any atom is 0.238 e. The molecule has 0 radical (unpaired) electrons. The lowest BCUT2D eigenvalue weighted by molar-refractivity contribution is -0.122. The molecule has 1 aromatic carbocycles. The van der Waals surface area contributed by atoms with Crippen molar-refractivity contribution in [2.75, 3.05) is 11.6 Å². The molecule has 0 aromatic heterocycles. The first-order valence-corrected chi connectivity index (χ1v) is 8.32. The molecule has 3 rings (SSSR count). The van der Waals surface area contributed by atoms with E-state index in [1.165, 1.54) is 6.42 Å². The Labute approximate surface area is 123 Å². The minimum absolute atomic E-state index is 0.0558. The number of carbonyl (C=O) groups excluding carboxylic acids is 1. The van der Waals surface area contributed by atoms with Crippen LogP contribution in [0.3, 0.4) is 0 Å². The third-order valence-electron chi connectivity index (χ3n) is 3.80. The van der Waals surface area contributed by atoms with Crippen molar-refractivity contribution in [3.05, 3.63) is 29.8 Å². The Bertz CT molecular complexity index is 471. The van der Waals surface area contributed by atoms with Crippen LogP contribution in [0.2, 0.25) is 0 Å². The monoisotopic (exact) mass is 292 g/mol. The fourth-order valence-corrected chi connectivity index (χ4v) is 3.24. The van der Waals surface area contributed by atoms with Crippen molar-refractivity contribution in [2.45, 2.75) is 38.0 Å². The lowest BCUT2D eigenvalue weighted by Gasteiger charge is -2.27. The first-order valence-electron chi connectivity index (χ1n) is 7.16. The number of para-hydroxylation sites is 1. The van der Waals surface area contributed by atoms with E-state index in [0.29, 0.717) is 12.6 Å². The first kappa shape index (κ1) is 13.8. The third-order valence-corrected chi connectivity index (χ3v) is 4.74. The molecule has 5 heteroatoms. The van der Waals surface area contributed by atoms with Crippen LogP contribution in [0.15, 0.2) is 24.3 Å². The SMILES string of the molecule is O=C(NCc1ccccc1OC1CCC1)C1CSCN1. The molecule has 2 fully saturated rings. The Hall–Kier alpha value is -1.20. The van der Waals surface area contributed by atoms with Crippen molar-refractivity contribution in [1.82, 2.24) is 10.6 Å². The summed E-state index contributed by atoms with van der Waals surface area (Å²) in [6, 6.07) is 7.92. The van der Waals surface area contributed by atoms with E-state index in [1.807, 2.05) is 24.3 Å². The summed E-state index contributed by atoms with van der Waals surface area (Å²) in [6.45, 7) is 0.532. The summed E-state index contributed by atoms with van der Waals surface area (Å²) < 4.78 is 5.97. The molecule has 108 valence electrons. The zero-order valence-electron chi connectivity index (χ0n) is 11.4. The number of carbonyl (C=O) groups is 1. The molecule has 1 heterocycles. The predicted molar refractivity (Wildman–Crippen MR) is 80.8 cm³/mol. The summed E-state index contributed by atoms with van der Waals surface area (Å²) in [5.74, 6) is 2.70. The highest BCUT2D eigenvalue weighted by molar-refractivity contribution is 7.99. The Morgan fingerprint density at radius 1 is 1.40 bits per heavy atom. The van der Waals surface area contributed by atoms with Crippen LogP contribution in [-0.4, -0.2) is 29.7 Å². The molecule has 1 atom stereocenters. The van der Waals surface area contributed by atoms with E-state index >= 15 is 0 Å². The van der Waals surface area contributed by atoms with E-state index in [4.69, 9.17) is 4.74 Å². The van der Waals surface area contributed by atoms with Gasteiger partial charge in [-0.05, 0) is 25.3 Å². The number of ether oxygens (including phenoxy) is 1. The fourth-order valence-electron chi connectivity index (χ4n) is 2.30. The fraction of sp³-hybridized carbons (Fsp3) is 0.533. The van der Waals surface area contributed by atoms with Crippen LogP contribution in [0.5, 0.6) is 5.75 Å². The molecule has 1 saturated carbocycles. The molecule has 20 heavy (non-hydrogen) atoms. The highest BCUT2D eigenvalue weighted by Gasteiger charge is 2.23. The minimum Gasteiger partial charge on any atom is -0.490 e. The van der Waals surface area contributed by atoms with E-state index in [1.54, 1.807) is 11.8 Å². The van der Waals surface area contributed by atoms with E-state index < -0.39 is 0 Å². The van der Waals surface area contributed by atoms with E-state index in [0.717, 1.165) is 35.8 Å². The summed E-state index contributed by atoms with van der Waals surface area (Å²) in [7, 11) is 0. The van der Waals surface area contributed by atoms with Gasteiger partial charge in [-0.2, -0.15) is 0 Å². The van der Waals surface area contributed by atoms with Crippen LogP contribution < -0.4 is 15.4 Å². The molecule has 1 saturated heterocycles. The predicted octanol–water partition coefficient (Wildman–Crippen LogP) is 1.90. The molecule has 2 N–H and O–H groups in total. The number of nitrogens with one attached hydrogen (secondary N) is 2. The molecule has 1 amide bonds. The Kier molecular flexibility index (Phi) is 4.47. The molecule has 1 aliphatic carbocycles. The summed E-state index contributed by atoms with van der Waals surface area (Å²) in [5, 5.41) is 6.17. The summed E-state index contributed by atoms with van der Waals surface area (Å²) in [4.78, 5) is 12.0. The maximum atomic E-state index is 12.0. The average Bonchev–Trinajstić information content (AvgIpc) is 2.95. The van der Waals surface area contributed by atoms with Crippen molar-refractivity contribution in [3.63, 3.8) is 0 Å². The Morgan fingerprint density at radius 2 is 2.25 bits per heavy atom. The molecular weight excluding hydrogens is 272 g/mol. The van der Waals surface area contributed by atoms with Crippen LogP contribution in [0.1, 0.15) is 24.8 Å². The van der Waals surface area contributed by atoms with Crippen LogP contribution in [0.4, 0.5) is 0 Å². The summed E-state index contributed by atoms with van der Waals surface area (Å²) in [5.41, 5.74) is 1.05. The Morgan fingerprint density at radius 3 is 2.95 bits per heavy atom. The van der Waals surface area contributed by atoms with Gasteiger partial charge in [0.1, 0.15) is 5.75 Å². The second-order valence-electron chi connectivity index (χ2n) is 5.27. The van der Waals surface area contributed by atoms with Crippen molar-refractivity contribution in [1.29, 1.82) is 0 Å². The smallest absolute Gasteiger partial charge is 0.238 e. The Balaban J connectivity index is 1.57. The van der Waals surface area contributed by atoms with Gasteiger partial charge >= 0.3 is 0 Å². The second-order valence-corrected chi connectivity index (χ2v) is 6.30. The van der Waals surface area contributed by atoms with E-state index in [-0.39, 0.29) is 11.9 Å². The van der Waals surface area contributed by atoms with E-state index in [9.17, 15) is 4.79 Å². The van der Waals surface area contributed by atoms with Gasteiger partial charge in [0.15, 0.2) is 0 Å². The molecular formula is C15H20N2O2S. The second kappa shape index (κ2) is 6.50. The lowest BCUT2D eigenvalue weighted by atomic mass is 9.96. The minimum atomic E-state index is -0.0558. The van der Waals surface area contributed by atoms with Crippen molar-refractivity contribution < 1.29 is 9.53 Å². The molecule has 1 aromatic rings. The van der Waals surface area contributed by atoms with Gasteiger partial charge in [0.05, 0.1) is 12.1 Å². The zero-order chi connectivity index (χ0) is 13.8. The molecule has 1 aliphatic heterocycles. The first-order chi connectivity index (χ1) is 9.83. The lowest BCUT2D eigenvalue weighted by Crippen LogP contribution is -2.41. The molecule has 1 unspecified atom stereocenters. The number of hydrogen-bond donors (Lipinski definition) is 2. The van der Waals surface area contributed by atoms with Gasteiger partial charge in [-0.25, -0.2) is 0 Å². The van der Waals surface area contributed by atoms with Crippen molar-refractivity contribution in [2.24, 2.45) is 0 Å². The topological polar surface area (TPSA) is 50.4 Å². The largest absolute Gasteiger partial charge is 0.490 e. The highest BCUT2D eigenvalue weighted by Crippen LogP contribution is 2.27. The van der Waals surface area contributed by atoms with Gasteiger partial charge in [-0.15, -0.1) is 11.8 Å². The maximum absolute atomic E-state index is 12.0. The number of thioether (sulfide) groups is 1. The highest BCUT2D eigenvalue weighted by atomic mass is 32.2. The van der Waals surface area contributed by atoms with Gasteiger partial charge in [0.25, 0.3) is 0 Å². The normalized spacial score (nSPS) is 22.3. The molecule has 0 spiro atoms.